The van der Waals surface area contributed by atoms with E-state index in [1.807, 2.05) is 30.3 Å². The van der Waals surface area contributed by atoms with Crippen molar-refractivity contribution in [3.05, 3.63) is 82.0 Å². The molecule has 46 heavy (non-hydrogen) atoms. The highest BCUT2D eigenvalue weighted by atomic mass is 16.7. The second-order valence-corrected chi connectivity index (χ2v) is 10.7. The summed E-state index contributed by atoms with van der Waals surface area (Å²) in [6, 6.07) is 16.1. The molecule has 11 N–H and O–H groups in total. The molecule has 3 aromatic carbocycles. The van der Waals surface area contributed by atoms with Crippen LogP contribution in [-0.2, 0) is 22.4 Å². The maximum atomic E-state index is 13.9. The summed E-state index contributed by atoms with van der Waals surface area (Å²) in [6.45, 7) is -0.865. The van der Waals surface area contributed by atoms with Crippen LogP contribution in [0.1, 0.15) is 11.1 Å². The Balaban J connectivity index is 1.60. The number of aromatic hydroxyl groups is 3. The molecule has 15 nitrogen and oxygen atoms in total. The number of aliphatic imine (C=N–C) groups is 1. The van der Waals surface area contributed by atoms with E-state index in [0.29, 0.717) is 12.0 Å². The Kier molecular flexibility index (Phi) is 8.76. The molecule has 0 aliphatic carbocycles. The van der Waals surface area contributed by atoms with Crippen molar-refractivity contribution in [1.29, 1.82) is 0 Å². The summed E-state index contributed by atoms with van der Waals surface area (Å²) in [5, 5.41) is 73.4. The van der Waals surface area contributed by atoms with Gasteiger partial charge in [0.1, 0.15) is 40.3 Å². The van der Waals surface area contributed by atoms with E-state index in [1.165, 1.54) is 24.3 Å². The summed E-state index contributed by atoms with van der Waals surface area (Å²) in [5.74, 6) is -4.80. The lowest BCUT2D eigenvalue weighted by atomic mass is 9.84. The Morgan fingerprint density at radius 1 is 0.957 bits per heavy atom. The Hall–Kier alpha value is -5.35. The first-order chi connectivity index (χ1) is 21.8. The van der Waals surface area contributed by atoms with Crippen LogP contribution in [0.3, 0.4) is 0 Å². The van der Waals surface area contributed by atoms with Crippen molar-refractivity contribution in [2.24, 2.45) is 16.5 Å². The summed E-state index contributed by atoms with van der Waals surface area (Å²) in [5.41, 5.74) is 8.43. The number of carboxylic acids is 1. The van der Waals surface area contributed by atoms with Crippen LogP contribution in [0.25, 0.3) is 22.3 Å². The fourth-order valence-corrected chi connectivity index (χ4v) is 5.20. The lowest BCUT2D eigenvalue weighted by molar-refractivity contribution is -0.303. The largest absolute Gasteiger partial charge is 0.508 e. The lowest BCUT2D eigenvalue weighted by Gasteiger charge is -2.45. The number of ether oxygens (including phenoxy) is 2. The van der Waals surface area contributed by atoms with Crippen molar-refractivity contribution in [3.8, 4) is 34.3 Å². The van der Waals surface area contributed by atoms with E-state index in [-0.39, 0.29) is 29.1 Å². The average molecular weight is 638 g/mol. The summed E-state index contributed by atoms with van der Waals surface area (Å²) in [7, 11) is 0. The number of phenols is 3. The van der Waals surface area contributed by atoms with Crippen LogP contribution >= 0.6 is 0 Å². The van der Waals surface area contributed by atoms with Crippen LogP contribution in [0.4, 0.5) is 0 Å². The number of aliphatic hydroxyl groups is 3. The third-order valence-corrected chi connectivity index (χ3v) is 7.68. The molecule has 1 aliphatic heterocycles. The van der Waals surface area contributed by atoms with Gasteiger partial charge in [0.2, 0.25) is 12.0 Å². The highest BCUT2D eigenvalue weighted by Gasteiger charge is 2.58. The molecule has 0 radical (unpaired) electrons. The molecule has 242 valence electrons. The number of rotatable bonds is 9. The number of aliphatic carboxylic acids is 1. The summed E-state index contributed by atoms with van der Waals surface area (Å²) >= 11 is 0. The van der Waals surface area contributed by atoms with Crippen LogP contribution < -0.4 is 21.6 Å². The zero-order valence-electron chi connectivity index (χ0n) is 24.0. The fourth-order valence-electron chi connectivity index (χ4n) is 5.20. The van der Waals surface area contributed by atoms with Crippen molar-refractivity contribution >= 4 is 22.9 Å². The third kappa shape index (κ3) is 5.99. The summed E-state index contributed by atoms with van der Waals surface area (Å²) in [6.07, 6.45) is -8.09. The van der Waals surface area contributed by atoms with Crippen LogP contribution in [0.2, 0.25) is 0 Å². The molecule has 5 unspecified atom stereocenters. The van der Waals surface area contributed by atoms with Crippen molar-refractivity contribution in [2.45, 2.75) is 43.0 Å². The SMILES string of the molecule is NC(N)=NCC1(O)C(O)C(Oc2cc3oc(-c4ccc(O)cc4)c(CCc4ccccc4)c(=O)c3c(O)c2O)OC(C(=O)O)C1O. The Labute approximate surface area is 259 Å². The van der Waals surface area contributed by atoms with Gasteiger partial charge in [-0.3, -0.25) is 9.79 Å². The van der Waals surface area contributed by atoms with Crippen LogP contribution in [-0.4, -0.2) is 84.4 Å². The number of guanidine groups is 1. The number of phenolic OH excluding ortho intramolecular Hbond substituents is 3. The normalized spacial score (nSPS) is 22.8. The minimum absolute atomic E-state index is 0.0356. The van der Waals surface area contributed by atoms with Gasteiger partial charge in [-0.1, -0.05) is 30.3 Å². The predicted octanol–water partition coefficient (Wildman–Crippen LogP) is 0.277. The second kappa shape index (κ2) is 12.6. The van der Waals surface area contributed by atoms with E-state index in [1.54, 1.807) is 0 Å². The van der Waals surface area contributed by atoms with Gasteiger partial charge in [0, 0.05) is 17.2 Å². The van der Waals surface area contributed by atoms with Crippen LogP contribution in [0, 0.1) is 0 Å². The Morgan fingerprint density at radius 2 is 1.63 bits per heavy atom. The number of fused-ring (bicyclic) bond motifs is 1. The van der Waals surface area contributed by atoms with E-state index in [4.69, 9.17) is 25.4 Å². The molecule has 5 rings (SSSR count). The zero-order valence-corrected chi connectivity index (χ0v) is 24.0. The minimum atomic E-state index is -2.71. The number of nitrogens with zero attached hydrogens (tertiary/aromatic N) is 1. The number of carbonyl (C=O) groups is 1. The van der Waals surface area contributed by atoms with Gasteiger partial charge in [-0.2, -0.15) is 0 Å². The van der Waals surface area contributed by atoms with Gasteiger partial charge in [0.05, 0.1) is 6.54 Å². The van der Waals surface area contributed by atoms with Crippen molar-refractivity contribution < 1.29 is 54.4 Å². The topological polar surface area (TPSA) is 272 Å². The Morgan fingerprint density at radius 3 is 2.26 bits per heavy atom. The molecule has 2 heterocycles. The maximum absolute atomic E-state index is 13.9. The predicted molar refractivity (Wildman–Crippen MR) is 161 cm³/mol. The number of aryl methyl sites for hydroxylation is 1. The van der Waals surface area contributed by atoms with E-state index in [9.17, 15) is 45.3 Å². The Bertz CT molecular complexity index is 1840. The van der Waals surface area contributed by atoms with Gasteiger partial charge in [-0.05, 0) is 42.7 Å². The van der Waals surface area contributed by atoms with Crippen molar-refractivity contribution in [2.75, 3.05) is 6.54 Å². The molecule has 1 saturated heterocycles. The zero-order chi connectivity index (χ0) is 33.3. The van der Waals surface area contributed by atoms with Crippen LogP contribution in [0.5, 0.6) is 23.0 Å². The third-order valence-electron chi connectivity index (χ3n) is 7.68. The van der Waals surface area contributed by atoms with Gasteiger partial charge in [-0.25, -0.2) is 4.79 Å². The molecule has 1 fully saturated rings. The minimum Gasteiger partial charge on any atom is -0.508 e. The molecule has 0 saturated carbocycles. The monoisotopic (exact) mass is 637 g/mol. The summed E-state index contributed by atoms with van der Waals surface area (Å²) in [4.78, 5) is 29.3. The molecule has 1 aliphatic rings. The highest BCUT2D eigenvalue weighted by molar-refractivity contribution is 5.90. The number of carboxylic acid groups (broad SMARTS) is 1. The highest BCUT2D eigenvalue weighted by Crippen LogP contribution is 2.44. The van der Waals surface area contributed by atoms with Gasteiger partial charge < -0.3 is 61.1 Å². The molecular formula is C31H31N3O12. The number of nitrogens with two attached hydrogens (primary N) is 2. The van der Waals surface area contributed by atoms with E-state index >= 15 is 0 Å². The lowest BCUT2D eigenvalue weighted by Crippen LogP contribution is -2.70. The maximum Gasteiger partial charge on any atom is 0.335 e. The van der Waals surface area contributed by atoms with Crippen molar-refractivity contribution in [1.82, 2.24) is 0 Å². The molecule has 0 bridgehead atoms. The smallest absolute Gasteiger partial charge is 0.335 e. The standard InChI is InChI=1S/C31H31N3O12/c32-30(33)34-13-31(43)26(39)25(28(41)42)46-29(27(31)40)45-19-12-18-20(23(38)22(19)37)21(36)17(11-6-14-4-2-1-3-5-14)24(44-18)15-7-9-16(35)10-8-15/h1-5,7-10,12,25-27,29,35,37-40,43H,6,11,13H2,(H,41,42)(H4,32,33,34). The number of aliphatic hydroxyl groups excluding tert-OH is 2. The van der Waals surface area contributed by atoms with Gasteiger partial charge in [-0.15, -0.1) is 0 Å². The molecule has 5 atom stereocenters. The van der Waals surface area contributed by atoms with Gasteiger partial charge in [0.15, 0.2) is 29.0 Å². The molecule has 0 spiro atoms. The first-order valence-corrected chi connectivity index (χ1v) is 13.9. The molecular weight excluding hydrogens is 606 g/mol. The van der Waals surface area contributed by atoms with Crippen LogP contribution in [0.15, 0.2) is 74.9 Å². The summed E-state index contributed by atoms with van der Waals surface area (Å²) < 4.78 is 16.8. The van der Waals surface area contributed by atoms with E-state index in [0.717, 1.165) is 11.6 Å². The molecule has 15 heteroatoms. The van der Waals surface area contributed by atoms with E-state index < -0.39 is 76.7 Å². The fraction of sp³-hybridized carbons (Fsp3) is 0.258. The first-order valence-electron chi connectivity index (χ1n) is 13.9. The molecule has 1 aromatic heterocycles. The van der Waals surface area contributed by atoms with Crippen molar-refractivity contribution in [3.63, 3.8) is 0 Å². The van der Waals surface area contributed by atoms with E-state index in [2.05, 4.69) is 4.99 Å². The first kappa shape index (κ1) is 32.1. The molecule has 0 amide bonds. The number of hydrogen-bond acceptors (Lipinski definition) is 12. The molecule has 4 aromatic rings. The quantitative estimate of drug-likeness (QED) is 0.0677. The number of hydrogen-bond donors (Lipinski definition) is 9. The number of benzene rings is 3. The average Bonchev–Trinajstić information content (AvgIpc) is 3.02. The van der Waals surface area contributed by atoms with Gasteiger partial charge in [0.25, 0.3) is 0 Å². The second-order valence-electron chi connectivity index (χ2n) is 10.7. The van der Waals surface area contributed by atoms with Gasteiger partial charge >= 0.3 is 5.97 Å².